The van der Waals surface area contributed by atoms with Crippen LogP contribution < -0.4 is 0 Å². The van der Waals surface area contributed by atoms with Crippen LogP contribution in [0.5, 0.6) is 0 Å². The van der Waals surface area contributed by atoms with E-state index in [0.29, 0.717) is 12.5 Å². The molecule has 2 unspecified atom stereocenters. The van der Waals surface area contributed by atoms with E-state index in [4.69, 9.17) is 9.47 Å². The van der Waals surface area contributed by atoms with Crippen LogP contribution in [0.4, 0.5) is 0 Å². The first-order valence-electron chi connectivity index (χ1n) is 4.53. The van der Waals surface area contributed by atoms with E-state index in [-0.39, 0.29) is 6.61 Å². The van der Waals surface area contributed by atoms with E-state index in [2.05, 4.69) is 6.92 Å². The molecule has 0 aromatic rings. The monoisotopic (exact) mass is 174 g/mol. The molecule has 0 aromatic carbocycles. The fourth-order valence-corrected chi connectivity index (χ4v) is 1.89. The molecule has 0 aromatic heterocycles. The van der Waals surface area contributed by atoms with Gasteiger partial charge in [0.1, 0.15) is 5.60 Å². The molecule has 0 amide bonds. The van der Waals surface area contributed by atoms with E-state index < -0.39 is 5.60 Å². The minimum absolute atomic E-state index is 0.0575. The SMILES string of the molecule is CCC1CCOCC1(CO)OC. The van der Waals surface area contributed by atoms with Gasteiger partial charge >= 0.3 is 0 Å². The van der Waals surface area contributed by atoms with Crippen LogP contribution in [-0.4, -0.2) is 37.6 Å². The Bertz CT molecular complexity index is 132. The summed E-state index contributed by atoms with van der Waals surface area (Å²) in [5, 5.41) is 9.24. The summed E-state index contributed by atoms with van der Waals surface area (Å²) in [5.41, 5.74) is -0.437. The Morgan fingerprint density at radius 3 is 2.83 bits per heavy atom. The number of aliphatic hydroxyl groups is 1. The maximum absolute atomic E-state index is 9.24. The van der Waals surface area contributed by atoms with Gasteiger partial charge in [-0.1, -0.05) is 13.3 Å². The van der Waals surface area contributed by atoms with Crippen molar-refractivity contribution in [2.75, 3.05) is 26.9 Å². The van der Waals surface area contributed by atoms with Gasteiger partial charge in [0, 0.05) is 13.7 Å². The standard InChI is InChI=1S/C9H18O3/c1-3-8-4-5-12-7-9(8,6-10)11-2/h8,10H,3-7H2,1-2H3. The molecule has 0 spiro atoms. The molecule has 1 saturated heterocycles. The minimum Gasteiger partial charge on any atom is -0.393 e. The molecule has 0 saturated carbocycles. The molecule has 0 aliphatic carbocycles. The summed E-state index contributed by atoms with van der Waals surface area (Å²) in [6.07, 6.45) is 2.03. The quantitative estimate of drug-likeness (QED) is 0.688. The van der Waals surface area contributed by atoms with Crippen LogP contribution in [-0.2, 0) is 9.47 Å². The first-order chi connectivity index (χ1) is 5.79. The second-order valence-corrected chi connectivity index (χ2v) is 3.37. The maximum Gasteiger partial charge on any atom is 0.117 e. The highest BCUT2D eigenvalue weighted by atomic mass is 16.5. The van der Waals surface area contributed by atoms with Crippen LogP contribution in [0.1, 0.15) is 19.8 Å². The molecule has 1 aliphatic rings. The molecule has 3 nitrogen and oxygen atoms in total. The summed E-state index contributed by atoms with van der Waals surface area (Å²) in [4.78, 5) is 0. The van der Waals surface area contributed by atoms with E-state index in [1.165, 1.54) is 0 Å². The van der Waals surface area contributed by atoms with Gasteiger partial charge in [0.15, 0.2) is 0 Å². The van der Waals surface area contributed by atoms with Crippen molar-refractivity contribution >= 4 is 0 Å². The van der Waals surface area contributed by atoms with Crippen LogP contribution in [0.3, 0.4) is 0 Å². The van der Waals surface area contributed by atoms with Gasteiger partial charge in [-0.05, 0) is 12.3 Å². The Kier molecular flexibility index (Phi) is 3.50. The minimum atomic E-state index is -0.437. The zero-order valence-corrected chi connectivity index (χ0v) is 7.88. The molecule has 72 valence electrons. The summed E-state index contributed by atoms with van der Waals surface area (Å²) in [5.74, 6) is 0.432. The van der Waals surface area contributed by atoms with E-state index in [1.54, 1.807) is 7.11 Å². The van der Waals surface area contributed by atoms with E-state index in [1.807, 2.05) is 0 Å². The van der Waals surface area contributed by atoms with Crippen molar-refractivity contribution in [3.05, 3.63) is 0 Å². The highest BCUT2D eigenvalue weighted by Gasteiger charge is 2.40. The van der Waals surface area contributed by atoms with Gasteiger partial charge < -0.3 is 14.6 Å². The van der Waals surface area contributed by atoms with Gasteiger partial charge in [-0.2, -0.15) is 0 Å². The first kappa shape index (κ1) is 9.96. The second-order valence-electron chi connectivity index (χ2n) is 3.37. The van der Waals surface area contributed by atoms with E-state index >= 15 is 0 Å². The summed E-state index contributed by atoms with van der Waals surface area (Å²) in [6, 6.07) is 0. The van der Waals surface area contributed by atoms with Crippen molar-refractivity contribution in [2.24, 2.45) is 5.92 Å². The Morgan fingerprint density at radius 1 is 1.67 bits per heavy atom. The third kappa shape index (κ3) is 1.63. The Balaban J connectivity index is 2.66. The lowest BCUT2D eigenvalue weighted by molar-refractivity contribution is -0.167. The van der Waals surface area contributed by atoms with E-state index in [0.717, 1.165) is 19.4 Å². The fourth-order valence-electron chi connectivity index (χ4n) is 1.89. The van der Waals surface area contributed by atoms with Crippen LogP contribution >= 0.6 is 0 Å². The molecular weight excluding hydrogens is 156 g/mol. The first-order valence-corrected chi connectivity index (χ1v) is 4.53. The lowest BCUT2D eigenvalue weighted by Gasteiger charge is -2.41. The molecule has 2 atom stereocenters. The van der Waals surface area contributed by atoms with Crippen molar-refractivity contribution in [1.29, 1.82) is 0 Å². The molecule has 1 heterocycles. The predicted octanol–water partition coefficient (Wildman–Crippen LogP) is 0.810. The zero-order valence-electron chi connectivity index (χ0n) is 7.88. The fraction of sp³-hybridized carbons (Fsp3) is 1.00. The number of rotatable bonds is 3. The highest BCUT2D eigenvalue weighted by Crippen LogP contribution is 2.31. The Hall–Kier alpha value is -0.120. The Labute approximate surface area is 73.7 Å². The third-order valence-electron chi connectivity index (χ3n) is 2.87. The molecule has 3 heteroatoms. The largest absolute Gasteiger partial charge is 0.393 e. The molecule has 0 radical (unpaired) electrons. The topological polar surface area (TPSA) is 38.7 Å². The number of hydrogen-bond donors (Lipinski definition) is 1. The zero-order chi connectivity index (χ0) is 9.03. The van der Waals surface area contributed by atoms with Gasteiger partial charge in [0.25, 0.3) is 0 Å². The van der Waals surface area contributed by atoms with Crippen molar-refractivity contribution in [3.63, 3.8) is 0 Å². The molecule has 1 rings (SSSR count). The molecule has 1 N–H and O–H groups in total. The Morgan fingerprint density at radius 2 is 2.42 bits per heavy atom. The average Bonchev–Trinajstić information content (AvgIpc) is 2.17. The third-order valence-corrected chi connectivity index (χ3v) is 2.87. The van der Waals surface area contributed by atoms with Crippen LogP contribution in [0.15, 0.2) is 0 Å². The molecule has 12 heavy (non-hydrogen) atoms. The van der Waals surface area contributed by atoms with Crippen molar-refractivity contribution in [3.8, 4) is 0 Å². The van der Waals surface area contributed by atoms with Gasteiger partial charge in [-0.25, -0.2) is 0 Å². The summed E-state index contributed by atoms with van der Waals surface area (Å²) in [6.45, 7) is 3.50. The molecule has 1 aliphatic heterocycles. The maximum atomic E-state index is 9.24. The van der Waals surface area contributed by atoms with Crippen LogP contribution in [0, 0.1) is 5.92 Å². The van der Waals surface area contributed by atoms with Gasteiger partial charge in [0.2, 0.25) is 0 Å². The average molecular weight is 174 g/mol. The summed E-state index contributed by atoms with van der Waals surface area (Å²) >= 11 is 0. The van der Waals surface area contributed by atoms with Crippen LogP contribution in [0.2, 0.25) is 0 Å². The normalized spacial score (nSPS) is 36.8. The number of hydrogen-bond acceptors (Lipinski definition) is 3. The highest BCUT2D eigenvalue weighted by molar-refractivity contribution is 4.89. The van der Waals surface area contributed by atoms with Crippen molar-refractivity contribution < 1.29 is 14.6 Å². The van der Waals surface area contributed by atoms with Crippen LogP contribution in [0.25, 0.3) is 0 Å². The van der Waals surface area contributed by atoms with Gasteiger partial charge in [-0.3, -0.25) is 0 Å². The molecule has 0 bridgehead atoms. The lowest BCUT2D eigenvalue weighted by atomic mass is 9.82. The number of ether oxygens (including phenoxy) is 2. The number of aliphatic hydroxyl groups excluding tert-OH is 1. The second kappa shape index (κ2) is 4.21. The summed E-state index contributed by atoms with van der Waals surface area (Å²) < 4.78 is 10.7. The summed E-state index contributed by atoms with van der Waals surface area (Å²) in [7, 11) is 1.65. The van der Waals surface area contributed by atoms with Crippen molar-refractivity contribution in [1.82, 2.24) is 0 Å². The van der Waals surface area contributed by atoms with Crippen molar-refractivity contribution in [2.45, 2.75) is 25.4 Å². The molecule has 1 fully saturated rings. The number of methoxy groups -OCH3 is 1. The van der Waals surface area contributed by atoms with Gasteiger partial charge in [-0.15, -0.1) is 0 Å². The molecular formula is C9H18O3. The van der Waals surface area contributed by atoms with Gasteiger partial charge in [0.05, 0.1) is 13.2 Å². The lowest BCUT2D eigenvalue weighted by Crippen LogP contribution is -2.51. The smallest absolute Gasteiger partial charge is 0.117 e. The van der Waals surface area contributed by atoms with E-state index in [9.17, 15) is 5.11 Å². The predicted molar refractivity (Wildman–Crippen MR) is 46.0 cm³/mol.